The molecule has 3 fully saturated rings. The van der Waals surface area contributed by atoms with Crippen molar-refractivity contribution in [2.75, 3.05) is 19.8 Å². The molecule has 0 aromatic carbocycles. The molecule has 3 atom stereocenters. The van der Waals surface area contributed by atoms with Crippen molar-refractivity contribution in [1.82, 2.24) is 25.2 Å². The molecule has 0 unspecified atom stereocenters. The molecule has 1 aliphatic carbocycles. The molecule has 232 valence electrons. The number of amides is 4. The van der Waals surface area contributed by atoms with Crippen molar-refractivity contribution < 1.29 is 38.6 Å². The van der Waals surface area contributed by atoms with Gasteiger partial charge >= 0.3 is 6.09 Å². The third-order valence-electron chi connectivity index (χ3n) is 8.59. The molecule has 0 spiro atoms. The number of nitrogens with two attached hydrogens (primary N) is 2. The molecule has 0 bridgehead atoms. The van der Waals surface area contributed by atoms with E-state index in [9.17, 15) is 29.1 Å². The van der Waals surface area contributed by atoms with Crippen molar-refractivity contribution in [1.29, 1.82) is 0 Å². The molecular formula is C27H41N7O8. The van der Waals surface area contributed by atoms with E-state index >= 15 is 0 Å². The van der Waals surface area contributed by atoms with Crippen LogP contribution in [0, 0.1) is 5.92 Å². The predicted octanol–water partition coefficient (Wildman–Crippen LogP) is -0.198. The van der Waals surface area contributed by atoms with Gasteiger partial charge in [0.2, 0.25) is 11.7 Å². The van der Waals surface area contributed by atoms with Crippen molar-refractivity contribution in [3.8, 4) is 0 Å². The minimum atomic E-state index is -1.58. The zero-order valence-corrected chi connectivity index (χ0v) is 24.1. The van der Waals surface area contributed by atoms with Crippen LogP contribution < -0.4 is 16.8 Å². The molecule has 0 radical (unpaired) electrons. The van der Waals surface area contributed by atoms with Crippen molar-refractivity contribution in [2.45, 2.75) is 101 Å². The topological polar surface area (TPSA) is 222 Å². The molecule has 2 aliphatic heterocycles. The van der Waals surface area contributed by atoms with Crippen LogP contribution in [0.2, 0.25) is 0 Å². The van der Waals surface area contributed by atoms with Crippen LogP contribution in [-0.2, 0) is 34.3 Å². The molecule has 15 heteroatoms. The number of carbonyl (C=O) groups is 5. The number of primary amides is 2. The fourth-order valence-electron chi connectivity index (χ4n) is 6.37. The van der Waals surface area contributed by atoms with Crippen molar-refractivity contribution >= 4 is 29.6 Å². The maximum absolute atomic E-state index is 14.0. The van der Waals surface area contributed by atoms with Gasteiger partial charge in [0.15, 0.2) is 6.10 Å². The molecule has 4 amide bonds. The first-order valence-electron chi connectivity index (χ1n) is 14.5. The fraction of sp³-hybridized carbons (Fsp3) is 0.741. The van der Waals surface area contributed by atoms with E-state index in [2.05, 4.69) is 15.6 Å². The number of nitrogens with one attached hydrogen (secondary N) is 1. The molecule has 4 rings (SSSR count). The number of carbonyl (C=O) groups excluding carboxylic acids is 5. The minimum Gasteiger partial charge on any atom is -0.436 e. The fourth-order valence-corrected chi connectivity index (χ4v) is 6.37. The summed E-state index contributed by atoms with van der Waals surface area (Å²) in [4.78, 5) is 65.9. The van der Waals surface area contributed by atoms with Gasteiger partial charge < -0.3 is 36.3 Å². The van der Waals surface area contributed by atoms with Crippen LogP contribution in [-0.4, -0.2) is 92.0 Å². The highest BCUT2D eigenvalue weighted by molar-refractivity contribution is 6.39. The van der Waals surface area contributed by atoms with E-state index in [1.54, 1.807) is 13.8 Å². The lowest BCUT2D eigenvalue weighted by atomic mass is 9.84. The van der Waals surface area contributed by atoms with Gasteiger partial charge in [0.05, 0.1) is 17.9 Å². The summed E-state index contributed by atoms with van der Waals surface area (Å²) in [6.07, 6.45) is 4.34. The molecule has 15 nitrogen and oxygen atoms in total. The van der Waals surface area contributed by atoms with Crippen molar-refractivity contribution in [3.63, 3.8) is 0 Å². The van der Waals surface area contributed by atoms with Crippen LogP contribution >= 0.6 is 0 Å². The summed E-state index contributed by atoms with van der Waals surface area (Å²) in [7, 11) is 0. The Morgan fingerprint density at radius 2 is 1.83 bits per heavy atom. The second-order valence-corrected chi connectivity index (χ2v) is 12.1. The second-order valence-electron chi connectivity index (χ2n) is 12.1. The summed E-state index contributed by atoms with van der Waals surface area (Å²) < 4.78 is 12.1. The van der Waals surface area contributed by atoms with Gasteiger partial charge in [-0.3, -0.25) is 19.2 Å². The highest BCUT2D eigenvalue weighted by atomic mass is 16.6. The van der Waals surface area contributed by atoms with E-state index in [0.717, 1.165) is 32.1 Å². The highest BCUT2D eigenvalue weighted by Gasteiger charge is 2.49. The number of aliphatic hydroxyl groups is 1. The van der Waals surface area contributed by atoms with Crippen molar-refractivity contribution in [3.05, 3.63) is 11.9 Å². The van der Waals surface area contributed by atoms with Crippen LogP contribution in [0.1, 0.15) is 83.4 Å². The summed E-state index contributed by atoms with van der Waals surface area (Å²) in [5.74, 6) is -3.26. The van der Waals surface area contributed by atoms with E-state index in [1.165, 1.54) is 15.8 Å². The molecule has 2 saturated heterocycles. The Labute approximate surface area is 243 Å². The van der Waals surface area contributed by atoms with Gasteiger partial charge in [-0.15, -0.1) is 5.10 Å². The normalized spacial score (nSPS) is 23.6. The Morgan fingerprint density at radius 1 is 1.17 bits per heavy atom. The molecular weight excluding hydrogens is 550 g/mol. The quantitative estimate of drug-likeness (QED) is 0.262. The summed E-state index contributed by atoms with van der Waals surface area (Å²) >= 11 is 0. The Bertz CT molecular complexity index is 1180. The van der Waals surface area contributed by atoms with E-state index in [4.69, 9.17) is 20.9 Å². The van der Waals surface area contributed by atoms with E-state index < -0.39 is 58.9 Å². The van der Waals surface area contributed by atoms with E-state index in [1.807, 2.05) is 0 Å². The molecule has 6 N–H and O–H groups in total. The third kappa shape index (κ3) is 6.89. The average molecular weight is 592 g/mol. The van der Waals surface area contributed by atoms with Gasteiger partial charge in [-0.2, -0.15) is 0 Å². The number of hydrogen-bond donors (Lipinski definition) is 4. The number of ether oxygens (including phenoxy) is 2. The van der Waals surface area contributed by atoms with Gasteiger partial charge in [0, 0.05) is 39.0 Å². The molecule has 1 aromatic rings. The maximum atomic E-state index is 14.0. The first-order chi connectivity index (χ1) is 19.8. The predicted molar refractivity (Wildman–Crippen MR) is 145 cm³/mol. The number of nitrogens with zero attached hydrogens (tertiary/aromatic N) is 4. The van der Waals surface area contributed by atoms with Crippen LogP contribution in [0.15, 0.2) is 6.20 Å². The standard InChI is InChI=1S/C27H41N7O8/c1-26(2,40)20-14-30-32-34(20)17-13-18(23(37)31-27(21(35)22(28)36)8-10-41-11-9-27)33(15-17)24(38)19(42-25(29)39)12-16-6-4-3-5-7-16/h14,16-19,40H,3-13,15H2,1-2H3,(H2,28,36)(H2,29,39)(H,31,37)/t17-,18-,19+/m0/s1. The van der Waals surface area contributed by atoms with Gasteiger partial charge in [-0.05, 0) is 26.2 Å². The van der Waals surface area contributed by atoms with Crippen LogP contribution in [0.3, 0.4) is 0 Å². The number of aromatic nitrogens is 3. The highest BCUT2D eigenvalue weighted by Crippen LogP contribution is 2.34. The second kappa shape index (κ2) is 12.7. The zero-order chi connectivity index (χ0) is 30.7. The molecule has 1 saturated carbocycles. The van der Waals surface area contributed by atoms with Gasteiger partial charge in [-0.25, -0.2) is 9.48 Å². The lowest BCUT2D eigenvalue weighted by Crippen LogP contribution is -2.63. The summed E-state index contributed by atoms with van der Waals surface area (Å²) in [6.45, 7) is 3.36. The molecule has 3 heterocycles. The molecule has 3 aliphatic rings. The summed E-state index contributed by atoms with van der Waals surface area (Å²) in [5, 5.41) is 21.4. The van der Waals surface area contributed by atoms with Gasteiger partial charge in [0.1, 0.15) is 17.2 Å². The van der Waals surface area contributed by atoms with Crippen molar-refractivity contribution in [2.24, 2.45) is 17.4 Å². The Balaban J connectivity index is 1.66. The zero-order valence-electron chi connectivity index (χ0n) is 24.1. The number of Topliss-reactive ketones (excluding diaryl/α,β-unsaturated/α-hetero) is 1. The first kappa shape index (κ1) is 31.3. The minimum absolute atomic E-state index is 0.0213. The Kier molecular flexibility index (Phi) is 9.50. The SMILES string of the molecule is CC(C)(O)c1cnnn1[C@H]1C[C@@H](C(=O)NC2(C(=O)C(N)=O)CCOCC2)N(C(=O)[C@@H](CC2CCCCC2)OC(N)=O)C1. The third-order valence-corrected chi connectivity index (χ3v) is 8.59. The largest absolute Gasteiger partial charge is 0.436 e. The monoisotopic (exact) mass is 591 g/mol. The number of ketones is 1. The number of rotatable bonds is 10. The average Bonchev–Trinajstić information content (AvgIpc) is 3.61. The lowest BCUT2D eigenvalue weighted by Gasteiger charge is -2.37. The van der Waals surface area contributed by atoms with Crippen LogP contribution in [0.25, 0.3) is 0 Å². The van der Waals surface area contributed by atoms with Gasteiger partial charge in [-0.1, -0.05) is 37.3 Å². The first-order valence-corrected chi connectivity index (χ1v) is 14.5. The Morgan fingerprint density at radius 3 is 2.43 bits per heavy atom. The van der Waals surface area contributed by atoms with Crippen LogP contribution in [0.5, 0.6) is 0 Å². The lowest BCUT2D eigenvalue weighted by molar-refractivity contribution is -0.149. The maximum Gasteiger partial charge on any atom is 0.405 e. The summed E-state index contributed by atoms with van der Waals surface area (Å²) in [6, 6.07) is -1.72. The molecule has 1 aromatic heterocycles. The van der Waals surface area contributed by atoms with Crippen LogP contribution in [0.4, 0.5) is 4.79 Å². The molecule has 42 heavy (non-hydrogen) atoms. The van der Waals surface area contributed by atoms with Gasteiger partial charge in [0.25, 0.3) is 11.8 Å². The Hall–Kier alpha value is -3.59. The van der Waals surface area contributed by atoms with E-state index in [-0.39, 0.29) is 51.4 Å². The smallest absolute Gasteiger partial charge is 0.405 e. The van der Waals surface area contributed by atoms with E-state index in [0.29, 0.717) is 5.69 Å². The number of hydrogen-bond acceptors (Lipinski definition) is 10. The summed E-state index contributed by atoms with van der Waals surface area (Å²) in [5.41, 5.74) is 8.15. The number of likely N-dealkylation sites (tertiary alicyclic amines) is 1.